The fourth-order valence-corrected chi connectivity index (χ4v) is 6.28. The summed E-state index contributed by atoms with van der Waals surface area (Å²) in [6.45, 7) is 4.50. The SMILES string of the molecule is CCCCCCCCCCCCCCCCCC(=O)OC(=O)C(N)CC(=O)[O-].CCCCCCCCCCCCCCCCCC(=O)OC(=O)C(N)CC(=O)[O-].[K+].[K+]. The Morgan fingerprint density at radius 2 is 0.569 bits per heavy atom. The van der Waals surface area contributed by atoms with Crippen molar-refractivity contribution >= 4 is 35.8 Å². The molecule has 0 rings (SSSR count). The van der Waals surface area contributed by atoms with Gasteiger partial charge in [0.1, 0.15) is 12.1 Å². The Bertz CT molecular complexity index is 941. The molecule has 0 radical (unpaired) electrons. The summed E-state index contributed by atoms with van der Waals surface area (Å²) in [7, 11) is 0. The van der Waals surface area contributed by atoms with Crippen LogP contribution in [0.5, 0.6) is 0 Å². The summed E-state index contributed by atoms with van der Waals surface area (Å²) in [6.07, 6.45) is 36.2. The number of esters is 4. The van der Waals surface area contributed by atoms with Crippen molar-refractivity contribution < 1.29 is 151 Å². The van der Waals surface area contributed by atoms with Crippen LogP contribution in [0.3, 0.4) is 0 Å². The number of carbonyl (C=O) groups is 6. The van der Waals surface area contributed by atoms with E-state index in [2.05, 4.69) is 23.3 Å². The molecule has 0 spiro atoms. The van der Waals surface area contributed by atoms with Crippen LogP contribution in [0.25, 0.3) is 0 Å². The van der Waals surface area contributed by atoms with Crippen molar-refractivity contribution in [3.05, 3.63) is 0 Å². The molecule has 0 aromatic rings. The number of hydrogen-bond acceptors (Lipinski definition) is 12. The Morgan fingerprint density at radius 1 is 0.379 bits per heavy atom. The van der Waals surface area contributed by atoms with Gasteiger partial charge in [0.15, 0.2) is 0 Å². The summed E-state index contributed by atoms with van der Waals surface area (Å²) in [5, 5.41) is 20.7. The summed E-state index contributed by atoms with van der Waals surface area (Å²) < 4.78 is 9.08. The molecule has 0 aliphatic heterocycles. The molecule has 0 heterocycles. The van der Waals surface area contributed by atoms with Gasteiger partial charge in [-0.15, -0.1) is 0 Å². The minimum Gasteiger partial charge on any atom is -0.550 e. The molecule has 0 bridgehead atoms. The Balaban J connectivity index is -0.000000486. The first-order chi connectivity index (χ1) is 26.9. The molecule has 0 aromatic heterocycles. The van der Waals surface area contributed by atoms with Gasteiger partial charge in [-0.2, -0.15) is 0 Å². The topological polar surface area (TPSA) is 219 Å². The first-order valence-electron chi connectivity index (χ1n) is 22.3. The molecule has 0 saturated heterocycles. The second-order valence-electron chi connectivity index (χ2n) is 15.4. The molecule has 14 heteroatoms. The van der Waals surface area contributed by atoms with Crippen LogP contribution in [0.15, 0.2) is 0 Å². The fraction of sp³-hybridized carbons (Fsp3) is 0.864. The van der Waals surface area contributed by atoms with Crippen LogP contribution >= 0.6 is 0 Å². The van der Waals surface area contributed by atoms with Gasteiger partial charge in [0, 0.05) is 37.6 Å². The second-order valence-corrected chi connectivity index (χ2v) is 15.4. The van der Waals surface area contributed by atoms with Gasteiger partial charge >= 0.3 is 127 Å². The second kappa shape index (κ2) is 50.1. The van der Waals surface area contributed by atoms with E-state index in [1.165, 1.54) is 154 Å². The summed E-state index contributed by atoms with van der Waals surface area (Å²) in [5.41, 5.74) is 10.6. The van der Waals surface area contributed by atoms with E-state index < -0.39 is 60.7 Å². The van der Waals surface area contributed by atoms with E-state index in [1.54, 1.807) is 0 Å². The van der Waals surface area contributed by atoms with Crippen LogP contribution in [-0.4, -0.2) is 47.9 Å². The van der Waals surface area contributed by atoms with E-state index in [9.17, 15) is 39.0 Å². The minimum atomic E-state index is -1.45. The molecule has 12 nitrogen and oxygen atoms in total. The van der Waals surface area contributed by atoms with Crippen molar-refractivity contribution in [3.63, 3.8) is 0 Å². The van der Waals surface area contributed by atoms with Gasteiger partial charge in [0.2, 0.25) is 0 Å². The maximum atomic E-state index is 11.5. The predicted molar refractivity (Wildman–Crippen MR) is 216 cm³/mol. The summed E-state index contributed by atoms with van der Waals surface area (Å²) in [5.74, 6) is -6.19. The molecular weight excluding hydrogens is 795 g/mol. The van der Waals surface area contributed by atoms with Crippen LogP contribution in [0, 0.1) is 0 Å². The zero-order valence-corrected chi connectivity index (χ0v) is 43.7. The minimum absolute atomic E-state index is 0. The third-order valence-corrected chi connectivity index (χ3v) is 9.78. The van der Waals surface area contributed by atoms with Crippen LogP contribution in [0.2, 0.25) is 0 Å². The molecule has 0 aliphatic carbocycles. The number of ether oxygens (including phenoxy) is 2. The average Bonchev–Trinajstić information content (AvgIpc) is 3.14. The van der Waals surface area contributed by atoms with Gasteiger partial charge in [-0.3, -0.25) is 9.59 Å². The van der Waals surface area contributed by atoms with E-state index in [0.29, 0.717) is 12.8 Å². The molecule has 2 atom stereocenters. The first kappa shape index (κ1) is 65.0. The Labute approximate surface area is 437 Å². The van der Waals surface area contributed by atoms with Crippen LogP contribution in [-0.2, 0) is 38.2 Å². The zero-order chi connectivity index (χ0) is 42.1. The molecule has 0 amide bonds. The van der Waals surface area contributed by atoms with Crippen LogP contribution in [0.1, 0.15) is 232 Å². The monoisotopic (exact) mass is 875 g/mol. The number of carbonyl (C=O) groups excluding carboxylic acids is 6. The summed E-state index contributed by atoms with van der Waals surface area (Å²) in [6, 6.07) is -2.70. The van der Waals surface area contributed by atoms with E-state index in [-0.39, 0.29) is 116 Å². The largest absolute Gasteiger partial charge is 1.00 e. The number of unbranched alkanes of at least 4 members (excludes halogenated alkanes) is 28. The van der Waals surface area contributed by atoms with Gasteiger partial charge in [0.25, 0.3) is 0 Å². The molecule has 0 aromatic carbocycles. The molecule has 58 heavy (non-hydrogen) atoms. The smallest absolute Gasteiger partial charge is 0.550 e. The van der Waals surface area contributed by atoms with Gasteiger partial charge in [0.05, 0.1) is 0 Å². The van der Waals surface area contributed by atoms with E-state index in [1.807, 2.05) is 0 Å². The molecule has 0 aliphatic rings. The zero-order valence-electron chi connectivity index (χ0n) is 37.4. The molecule has 2 unspecified atom stereocenters. The molecule has 0 fully saturated rings. The van der Waals surface area contributed by atoms with Crippen molar-refractivity contribution in [1.82, 2.24) is 0 Å². The molecule has 0 saturated carbocycles. The van der Waals surface area contributed by atoms with E-state index in [4.69, 9.17) is 11.5 Å². The Morgan fingerprint density at radius 3 is 0.759 bits per heavy atom. The number of carboxylic acid groups (broad SMARTS) is 2. The van der Waals surface area contributed by atoms with Crippen LogP contribution < -0.4 is 124 Å². The van der Waals surface area contributed by atoms with Gasteiger partial charge in [-0.05, 0) is 12.8 Å². The van der Waals surface area contributed by atoms with Crippen molar-refractivity contribution in [1.29, 1.82) is 0 Å². The third kappa shape index (κ3) is 50.8. The Hall–Kier alpha value is 0.413. The molecule has 328 valence electrons. The normalized spacial score (nSPS) is 11.5. The van der Waals surface area contributed by atoms with E-state index in [0.717, 1.165) is 25.7 Å². The third-order valence-electron chi connectivity index (χ3n) is 9.78. The predicted octanol–water partition coefficient (Wildman–Crippen LogP) is 1.58. The number of hydrogen-bond donors (Lipinski definition) is 2. The first-order valence-corrected chi connectivity index (χ1v) is 22.3. The van der Waals surface area contributed by atoms with Gasteiger partial charge in [-0.1, -0.05) is 194 Å². The summed E-state index contributed by atoms with van der Waals surface area (Å²) in [4.78, 5) is 66.5. The number of rotatable bonds is 38. The molecular formula is C44H80K2N2O10. The van der Waals surface area contributed by atoms with E-state index >= 15 is 0 Å². The maximum absolute atomic E-state index is 11.5. The fourth-order valence-electron chi connectivity index (χ4n) is 6.28. The van der Waals surface area contributed by atoms with Crippen LogP contribution in [0.4, 0.5) is 0 Å². The number of carboxylic acids is 2. The number of nitrogens with two attached hydrogens (primary N) is 2. The van der Waals surface area contributed by atoms with Gasteiger partial charge in [-0.25, -0.2) is 9.59 Å². The van der Waals surface area contributed by atoms with Crippen molar-refractivity contribution in [3.8, 4) is 0 Å². The molecule has 4 N–H and O–H groups in total. The van der Waals surface area contributed by atoms with Gasteiger partial charge < -0.3 is 40.7 Å². The quantitative estimate of drug-likeness (QED) is 0.0391. The standard InChI is InChI=1S/2C22H41NO5.2K/c2*1-2-3-4-5-6-7-8-9-10-11-12-13-14-15-16-17-21(26)28-22(27)19(23)18-20(24)25;;/h2*19H,2-18,23H2,1H3,(H,24,25);;/q;;2*+1/p-2. The van der Waals surface area contributed by atoms with Crippen molar-refractivity contribution in [2.24, 2.45) is 11.5 Å². The maximum Gasteiger partial charge on any atom is 1.00 e. The Kier molecular flexibility index (Phi) is 56.1. The van der Waals surface area contributed by atoms with Crippen molar-refractivity contribution in [2.45, 2.75) is 244 Å². The number of aliphatic carboxylic acids is 2. The average molecular weight is 875 g/mol. The van der Waals surface area contributed by atoms with Crippen molar-refractivity contribution in [2.75, 3.05) is 0 Å². The summed E-state index contributed by atoms with van der Waals surface area (Å²) >= 11 is 0.